The van der Waals surface area contributed by atoms with Crippen molar-refractivity contribution in [1.82, 2.24) is 4.98 Å². The topological polar surface area (TPSA) is 69.9 Å². The lowest BCUT2D eigenvalue weighted by Gasteiger charge is -2.13. The zero-order valence-electron chi connectivity index (χ0n) is 14.3. The highest BCUT2D eigenvalue weighted by Gasteiger charge is 2.13. The molecule has 4 aromatic rings. The maximum Gasteiger partial charge on any atom is 0.163 e. The summed E-state index contributed by atoms with van der Waals surface area (Å²) in [5, 5.41) is 21.8. The Bertz CT molecular complexity index is 1130. The van der Waals surface area contributed by atoms with E-state index in [9.17, 15) is 5.21 Å². The minimum atomic E-state index is -0.939. The highest BCUT2D eigenvalue weighted by atomic mass is 35.5. The van der Waals surface area contributed by atoms with E-state index in [1.807, 2.05) is 48.5 Å². The third-order valence-electron chi connectivity index (χ3n) is 4.21. The fourth-order valence-corrected chi connectivity index (χ4v) is 4.11. The Kier molecular flexibility index (Phi) is 4.90. The van der Waals surface area contributed by atoms with Crippen molar-refractivity contribution in [3.05, 3.63) is 70.9 Å². The van der Waals surface area contributed by atoms with E-state index in [4.69, 9.17) is 26.5 Å². The summed E-state index contributed by atoms with van der Waals surface area (Å²) in [4.78, 5) is 6.68. The number of fused-ring (bicyclic) bond motifs is 2. The average molecular weight is 399 g/mol. The SMILES string of the molecule is COc1ccc2nc3cc(Cl)ccc3c(Sc3ccc([NH+]([O-])O)cc3)c2c1. The number of ether oxygens (including phenoxy) is 1. The molecule has 0 aliphatic heterocycles. The van der Waals surface area contributed by atoms with Gasteiger partial charge in [0.05, 0.1) is 18.1 Å². The number of methoxy groups -OCH3 is 1. The Hall–Kier alpha value is -2.35. The molecule has 0 saturated carbocycles. The molecule has 0 aliphatic rings. The molecule has 0 amide bonds. The number of hydrogen-bond acceptors (Lipinski definition) is 5. The van der Waals surface area contributed by atoms with E-state index < -0.39 is 5.23 Å². The number of nitrogens with one attached hydrogen (secondary N) is 1. The molecule has 1 aromatic heterocycles. The van der Waals surface area contributed by atoms with Crippen LogP contribution >= 0.6 is 23.4 Å². The van der Waals surface area contributed by atoms with Crippen LogP contribution in [-0.4, -0.2) is 17.3 Å². The summed E-state index contributed by atoms with van der Waals surface area (Å²) in [6.45, 7) is 0. The molecule has 0 bridgehead atoms. The summed E-state index contributed by atoms with van der Waals surface area (Å²) in [6, 6.07) is 18.2. The summed E-state index contributed by atoms with van der Waals surface area (Å²) in [5.74, 6) is 0.751. The van der Waals surface area contributed by atoms with Crippen LogP contribution in [0.2, 0.25) is 5.02 Å². The van der Waals surface area contributed by atoms with Crippen LogP contribution in [0.1, 0.15) is 0 Å². The molecule has 1 atom stereocenters. The Balaban J connectivity index is 1.91. The van der Waals surface area contributed by atoms with Crippen LogP contribution in [0.15, 0.2) is 70.5 Å². The minimum absolute atomic E-state index is 0.261. The van der Waals surface area contributed by atoms with Crippen molar-refractivity contribution in [1.29, 1.82) is 0 Å². The van der Waals surface area contributed by atoms with Gasteiger partial charge in [-0.15, -0.1) is 0 Å². The van der Waals surface area contributed by atoms with Crippen molar-refractivity contribution in [3.8, 4) is 5.75 Å². The third-order valence-corrected chi connectivity index (χ3v) is 5.60. The zero-order valence-corrected chi connectivity index (χ0v) is 15.8. The maximum absolute atomic E-state index is 11.1. The fraction of sp³-hybridized carbons (Fsp3) is 0.0500. The van der Waals surface area contributed by atoms with E-state index in [2.05, 4.69) is 0 Å². The summed E-state index contributed by atoms with van der Waals surface area (Å²) < 4.78 is 5.38. The fourth-order valence-electron chi connectivity index (χ4n) is 2.88. The normalized spacial score (nSPS) is 12.4. The summed E-state index contributed by atoms with van der Waals surface area (Å²) in [5.41, 5.74) is 1.91. The first-order valence-electron chi connectivity index (χ1n) is 8.13. The largest absolute Gasteiger partial charge is 0.595 e. The van der Waals surface area contributed by atoms with Crippen molar-refractivity contribution < 1.29 is 15.2 Å². The van der Waals surface area contributed by atoms with Crippen LogP contribution in [0.3, 0.4) is 0 Å². The quantitative estimate of drug-likeness (QED) is 0.388. The Morgan fingerprint density at radius 1 is 1.00 bits per heavy atom. The predicted molar refractivity (Wildman–Crippen MR) is 107 cm³/mol. The number of benzene rings is 3. The van der Waals surface area contributed by atoms with Gasteiger partial charge in [0.2, 0.25) is 0 Å². The molecule has 0 aliphatic carbocycles. The molecule has 27 heavy (non-hydrogen) atoms. The monoisotopic (exact) mass is 398 g/mol. The van der Waals surface area contributed by atoms with E-state index in [1.54, 1.807) is 31.0 Å². The van der Waals surface area contributed by atoms with Gasteiger partial charge < -0.3 is 9.94 Å². The molecule has 0 radical (unpaired) electrons. The number of pyridine rings is 1. The van der Waals surface area contributed by atoms with Gasteiger partial charge in [-0.25, -0.2) is 10.2 Å². The molecule has 0 spiro atoms. The third kappa shape index (κ3) is 3.58. The zero-order chi connectivity index (χ0) is 19.0. The number of nitrogens with zero attached hydrogens (tertiary/aromatic N) is 1. The second-order valence-corrected chi connectivity index (χ2v) is 7.44. The van der Waals surface area contributed by atoms with Gasteiger partial charge in [-0.3, -0.25) is 0 Å². The summed E-state index contributed by atoms with van der Waals surface area (Å²) >= 11 is 7.72. The molecule has 0 fully saturated rings. The molecule has 1 heterocycles. The first kappa shape index (κ1) is 18.0. The van der Waals surface area contributed by atoms with Gasteiger partial charge in [-0.1, -0.05) is 29.4 Å². The first-order valence-corrected chi connectivity index (χ1v) is 9.33. The number of hydrogen-bond donors (Lipinski definition) is 2. The van der Waals surface area contributed by atoms with Crippen LogP contribution in [0.4, 0.5) is 5.69 Å². The molecule has 1 unspecified atom stereocenters. The van der Waals surface area contributed by atoms with E-state index in [-0.39, 0.29) is 5.69 Å². The second-order valence-electron chi connectivity index (χ2n) is 5.92. The van der Waals surface area contributed by atoms with E-state index in [0.717, 1.165) is 37.3 Å². The molecule has 5 nitrogen and oxygen atoms in total. The minimum Gasteiger partial charge on any atom is -0.595 e. The van der Waals surface area contributed by atoms with Gasteiger partial charge in [-0.2, -0.15) is 5.23 Å². The molecule has 7 heteroatoms. The summed E-state index contributed by atoms with van der Waals surface area (Å²) in [6.07, 6.45) is 0. The average Bonchev–Trinajstić information content (AvgIpc) is 2.67. The van der Waals surface area contributed by atoms with Gasteiger partial charge >= 0.3 is 0 Å². The number of rotatable bonds is 4. The second kappa shape index (κ2) is 7.34. The Morgan fingerprint density at radius 3 is 2.48 bits per heavy atom. The molecule has 3 aromatic carbocycles. The van der Waals surface area contributed by atoms with Crippen molar-refractivity contribution in [2.75, 3.05) is 7.11 Å². The molecule has 2 N–H and O–H groups in total. The van der Waals surface area contributed by atoms with Crippen LogP contribution in [0, 0.1) is 5.21 Å². The number of halogens is 1. The summed E-state index contributed by atoms with van der Waals surface area (Å²) in [7, 11) is 1.63. The molecule has 4 rings (SSSR count). The van der Waals surface area contributed by atoms with Crippen molar-refractivity contribution >= 4 is 50.9 Å². The van der Waals surface area contributed by atoms with Gasteiger partial charge in [0.15, 0.2) is 5.69 Å². The molecule has 0 saturated heterocycles. The Morgan fingerprint density at radius 2 is 1.78 bits per heavy atom. The van der Waals surface area contributed by atoms with Gasteiger partial charge in [0.1, 0.15) is 5.75 Å². The molecular formula is C20H15ClN2O3S. The first-order chi connectivity index (χ1) is 13.0. The smallest absolute Gasteiger partial charge is 0.163 e. The van der Waals surface area contributed by atoms with Gasteiger partial charge in [0.25, 0.3) is 0 Å². The molecule has 136 valence electrons. The highest BCUT2D eigenvalue weighted by molar-refractivity contribution is 7.99. The molecular weight excluding hydrogens is 384 g/mol. The highest BCUT2D eigenvalue weighted by Crippen LogP contribution is 2.40. The van der Waals surface area contributed by atoms with Crippen LogP contribution in [-0.2, 0) is 0 Å². The van der Waals surface area contributed by atoms with E-state index in [0.29, 0.717) is 5.02 Å². The van der Waals surface area contributed by atoms with E-state index >= 15 is 0 Å². The predicted octanol–water partition coefficient (Wildman–Crippen LogP) is 4.60. The van der Waals surface area contributed by atoms with Crippen LogP contribution < -0.4 is 9.96 Å². The number of quaternary nitrogens is 1. The van der Waals surface area contributed by atoms with Gasteiger partial charge in [-0.05, 0) is 42.5 Å². The Labute approximate surface area is 164 Å². The lowest BCUT2D eigenvalue weighted by atomic mass is 10.1. The van der Waals surface area contributed by atoms with E-state index in [1.165, 1.54) is 0 Å². The van der Waals surface area contributed by atoms with Crippen molar-refractivity contribution in [2.45, 2.75) is 9.79 Å². The van der Waals surface area contributed by atoms with Crippen molar-refractivity contribution in [3.63, 3.8) is 0 Å². The lowest BCUT2D eigenvalue weighted by molar-refractivity contribution is -0.991. The standard InChI is InChI=1S/C20H15ClN2O3S/c1-26-14-5-9-18-17(11-14)20(16-8-2-12(21)10-19(16)22-18)27-15-6-3-13(4-7-15)23(24)25/h2-11,23-24H,1H3. The lowest BCUT2D eigenvalue weighted by Crippen LogP contribution is -2.99. The number of aromatic nitrogens is 1. The maximum atomic E-state index is 11.1. The van der Waals surface area contributed by atoms with Gasteiger partial charge in [0, 0.05) is 37.7 Å². The van der Waals surface area contributed by atoms with Crippen LogP contribution in [0.25, 0.3) is 21.8 Å². The van der Waals surface area contributed by atoms with Crippen molar-refractivity contribution in [2.24, 2.45) is 0 Å². The van der Waals surface area contributed by atoms with Crippen LogP contribution in [0.5, 0.6) is 5.75 Å².